The van der Waals surface area contributed by atoms with Crippen LogP contribution in [0.2, 0.25) is 0 Å². The minimum absolute atomic E-state index is 0.101. The molecule has 6 rings (SSSR count). The van der Waals surface area contributed by atoms with Crippen LogP contribution in [-0.4, -0.2) is 64.7 Å². The summed E-state index contributed by atoms with van der Waals surface area (Å²) in [5.41, 5.74) is 5.33. The Balaban J connectivity index is 1.33. The van der Waals surface area contributed by atoms with Gasteiger partial charge >= 0.3 is 5.97 Å². The maximum Gasteiger partial charge on any atom is 0.308 e. The van der Waals surface area contributed by atoms with Crippen LogP contribution in [0.15, 0.2) is 53.7 Å². The first-order chi connectivity index (χ1) is 18.9. The third-order valence-corrected chi connectivity index (χ3v) is 8.78. The zero-order valence-electron chi connectivity index (χ0n) is 22.6. The fourth-order valence-electron chi connectivity index (χ4n) is 5.33. The number of esters is 1. The van der Waals surface area contributed by atoms with E-state index in [-0.39, 0.29) is 12.4 Å². The molecule has 0 spiro atoms. The van der Waals surface area contributed by atoms with Crippen LogP contribution in [0.5, 0.6) is 0 Å². The van der Waals surface area contributed by atoms with E-state index in [4.69, 9.17) is 9.73 Å². The summed E-state index contributed by atoms with van der Waals surface area (Å²) in [5.74, 6) is 2.15. The molecule has 10 heteroatoms. The number of nitrogens with zero attached hydrogens (tertiary/aromatic N) is 7. The van der Waals surface area contributed by atoms with E-state index in [1.165, 1.54) is 23.2 Å². The van der Waals surface area contributed by atoms with Crippen LogP contribution in [0, 0.1) is 20.8 Å². The number of aliphatic imine (C=N–C) groups is 1. The van der Waals surface area contributed by atoms with Crippen molar-refractivity contribution in [2.75, 3.05) is 43.1 Å². The number of ether oxygens (including phenoxy) is 1. The Morgan fingerprint density at radius 1 is 1.00 bits per heavy atom. The van der Waals surface area contributed by atoms with Crippen molar-refractivity contribution in [1.82, 2.24) is 19.7 Å². The molecule has 0 amide bonds. The standard InChI is InChI=1S/C29H31N7O2S/c1-18-19(2)39-29-26(18)27(31-23(17-25(37)38-4)28-33-32-20(3)36(28)29)21-8-10-22(11-9-21)34-13-15-35(16-14-34)24-7-5-6-12-30-24/h5-12,23H,13-17H2,1-4H3/t23-/m0/s1. The summed E-state index contributed by atoms with van der Waals surface area (Å²) in [4.78, 5) is 28.0. The molecule has 1 saturated heterocycles. The number of anilines is 2. The highest BCUT2D eigenvalue weighted by Gasteiger charge is 2.32. The molecule has 2 aliphatic rings. The van der Waals surface area contributed by atoms with Crippen molar-refractivity contribution >= 4 is 34.5 Å². The lowest BCUT2D eigenvalue weighted by Crippen LogP contribution is -2.46. The summed E-state index contributed by atoms with van der Waals surface area (Å²) in [6.07, 6.45) is 1.95. The highest BCUT2D eigenvalue weighted by molar-refractivity contribution is 7.15. The smallest absolute Gasteiger partial charge is 0.308 e. The number of methoxy groups -OCH3 is 1. The average molecular weight is 542 g/mol. The highest BCUT2D eigenvalue weighted by Crippen LogP contribution is 2.39. The molecule has 0 radical (unpaired) electrons. The second-order valence-corrected chi connectivity index (χ2v) is 11.1. The first kappa shape index (κ1) is 25.2. The zero-order valence-corrected chi connectivity index (χ0v) is 23.4. The van der Waals surface area contributed by atoms with E-state index in [2.05, 4.69) is 73.7 Å². The SMILES string of the molecule is COC(=O)C[C@@H]1N=C(c2ccc(N3CCN(c4ccccn4)CC3)cc2)c2c(sc(C)c2C)-n2c(C)nnc21. The number of benzene rings is 1. The summed E-state index contributed by atoms with van der Waals surface area (Å²) >= 11 is 1.71. The van der Waals surface area contributed by atoms with Crippen molar-refractivity contribution in [3.63, 3.8) is 0 Å². The van der Waals surface area contributed by atoms with E-state index in [0.29, 0.717) is 5.82 Å². The topological polar surface area (TPSA) is 88.7 Å². The Morgan fingerprint density at radius 2 is 1.74 bits per heavy atom. The lowest BCUT2D eigenvalue weighted by atomic mass is 9.99. The molecule has 39 heavy (non-hydrogen) atoms. The fraction of sp³-hybridized carbons (Fsp3) is 0.345. The van der Waals surface area contributed by atoms with Gasteiger partial charge < -0.3 is 14.5 Å². The number of pyridine rings is 1. The number of aromatic nitrogens is 4. The zero-order chi connectivity index (χ0) is 27.1. The number of thiophene rings is 1. The van der Waals surface area contributed by atoms with Gasteiger partial charge in [0.15, 0.2) is 5.82 Å². The molecule has 200 valence electrons. The highest BCUT2D eigenvalue weighted by atomic mass is 32.1. The summed E-state index contributed by atoms with van der Waals surface area (Å²) in [6.45, 7) is 9.91. The van der Waals surface area contributed by atoms with E-state index in [1.807, 2.05) is 25.3 Å². The van der Waals surface area contributed by atoms with Crippen LogP contribution < -0.4 is 9.80 Å². The third kappa shape index (κ3) is 4.58. The van der Waals surface area contributed by atoms with Crippen LogP contribution in [0.25, 0.3) is 5.00 Å². The van der Waals surface area contributed by atoms with Gasteiger partial charge in [0.25, 0.3) is 0 Å². The number of hydrogen-bond acceptors (Lipinski definition) is 9. The molecule has 0 saturated carbocycles. The number of carbonyl (C=O) groups is 1. The van der Waals surface area contributed by atoms with Gasteiger partial charge in [0.05, 0.1) is 19.2 Å². The summed E-state index contributed by atoms with van der Waals surface area (Å²) < 4.78 is 7.06. The molecule has 3 aromatic heterocycles. The second-order valence-electron chi connectivity index (χ2n) is 9.89. The van der Waals surface area contributed by atoms with Crippen LogP contribution in [0.3, 0.4) is 0 Å². The van der Waals surface area contributed by atoms with Gasteiger partial charge in [-0.2, -0.15) is 0 Å². The molecule has 0 N–H and O–H groups in total. The predicted octanol–water partition coefficient (Wildman–Crippen LogP) is 4.43. The van der Waals surface area contributed by atoms with Crippen molar-refractivity contribution in [3.8, 4) is 5.00 Å². The number of hydrogen-bond donors (Lipinski definition) is 0. The molecule has 9 nitrogen and oxygen atoms in total. The Labute approximate surface area is 231 Å². The number of aryl methyl sites for hydroxylation is 2. The largest absolute Gasteiger partial charge is 0.469 e. The number of piperazine rings is 1. The minimum atomic E-state index is -0.493. The molecule has 0 unspecified atom stereocenters. The maximum atomic E-state index is 12.4. The van der Waals surface area contributed by atoms with Crippen LogP contribution in [0.4, 0.5) is 11.5 Å². The first-order valence-electron chi connectivity index (χ1n) is 13.1. The minimum Gasteiger partial charge on any atom is -0.469 e. The Morgan fingerprint density at radius 3 is 2.44 bits per heavy atom. The molecule has 2 aliphatic heterocycles. The molecular weight excluding hydrogens is 510 g/mol. The number of fused-ring (bicyclic) bond motifs is 3. The lowest BCUT2D eigenvalue weighted by molar-refractivity contribution is -0.141. The molecule has 0 aliphatic carbocycles. The van der Waals surface area contributed by atoms with Gasteiger partial charge in [-0.3, -0.25) is 14.4 Å². The van der Waals surface area contributed by atoms with Gasteiger partial charge in [-0.25, -0.2) is 4.98 Å². The molecule has 4 aromatic rings. The van der Waals surface area contributed by atoms with Gasteiger partial charge in [-0.15, -0.1) is 21.5 Å². The monoisotopic (exact) mass is 541 g/mol. The Kier molecular flexibility index (Phi) is 6.64. The molecule has 1 atom stereocenters. The normalized spacial score (nSPS) is 16.8. The second kappa shape index (κ2) is 10.3. The van der Waals surface area contributed by atoms with E-state index < -0.39 is 6.04 Å². The van der Waals surface area contributed by atoms with Gasteiger partial charge in [0.1, 0.15) is 22.7 Å². The quantitative estimate of drug-likeness (QED) is 0.345. The van der Waals surface area contributed by atoms with E-state index >= 15 is 0 Å². The molecule has 1 fully saturated rings. The molecule has 1 aromatic carbocycles. The molecular formula is C29H31N7O2S. The Bertz CT molecular complexity index is 1530. The lowest BCUT2D eigenvalue weighted by Gasteiger charge is -2.36. The van der Waals surface area contributed by atoms with Crippen molar-refractivity contribution in [2.45, 2.75) is 33.2 Å². The van der Waals surface area contributed by atoms with Crippen LogP contribution in [-0.2, 0) is 9.53 Å². The summed E-state index contributed by atoms with van der Waals surface area (Å²) in [5, 5.41) is 9.82. The van der Waals surface area contributed by atoms with Crippen molar-refractivity contribution in [2.24, 2.45) is 4.99 Å². The maximum absolute atomic E-state index is 12.4. The van der Waals surface area contributed by atoms with E-state index in [0.717, 1.165) is 59.7 Å². The van der Waals surface area contributed by atoms with Gasteiger partial charge in [-0.1, -0.05) is 18.2 Å². The number of rotatable bonds is 5. The van der Waals surface area contributed by atoms with Crippen LogP contribution >= 0.6 is 11.3 Å². The van der Waals surface area contributed by atoms with Gasteiger partial charge in [0.2, 0.25) is 0 Å². The summed E-state index contributed by atoms with van der Waals surface area (Å²) in [7, 11) is 1.40. The third-order valence-electron chi connectivity index (χ3n) is 7.59. The molecule has 0 bridgehead atoms. The van der Waals surface area contributed by atoms with E-state index in [1.54, 1.807) is 11.3 Å². The average Bonchev–Trinajstić information content (AvgIpc) is 3.45. The Hall–Kier alpha value is -4.05. The van der Waals surface area contributed by atoms with Gasteiger partial charge in [-0.05, 0) is 50.6 Å². The summed E-state index contributed by atoms with van der Waals surface area (Å²) in [6, 6.07) is 14.2. The van der Waals surface area contributed by atoms with Crippen molar-refractivity contribution in [3.05, 3.63) is 81.9 Å². The van der Waals surface area contributed by atoms with Gasteiger partial charge in [0, 0.05) is 54.1 Å². The first-order valence-corrected chi connectivity index (χ1v) is 13.9. The fourth-order valence-corrected chi connectivity index (χ4v) is 6.54. The van der Waals surface area contributed by atoms with Crippen molar-refractivity contribution in [1.29, 1.82) is 0 Å². The predicted molar refractivity (Wildman–Crippen MR) is 154 cm³/mol. The number of carbonyl (C=O) groups excluding carboxylic acids is 1. The van der Waals surface area contributed by atoms with Crippen molar-refractivity contribution < 1.29 is 9.53 Å². The van der Waals surface area contributed by atoms with E-state index in [9.17, 15) is 4.79 Å². The molecule has 5 heterocycles. The van der Waals surface area contributed by atoms with Crippen LogP contribution in [0.1, 0.15) is 45.7 Å².